The summed E-state index contributed by atoms with van der Waals surface area (Å²) in [5, 5.41) is 6.55. The Kier molecular flexibility index (Phi) is 11.2. The molecule has 7 heteroatoms. The Bertz CT molecular complexity index is 420. The van der Waals surface area contributed by atoms with Crippen LogP contribution in [0.3, 0.4) is 0 Å². The van der Waals surface area contributed by atoms with Gasteiger partial charge in [-0.15, -0.1) is 41.9 Å². The van der Waals surface area contributed by atoms with Crippen molar-refractivity contribution in [2.75, 3.05) is 32.1 Å². The molecule has 1 N–H and O–H groups in total. The molecule has 1 rings (SSSR count). The molecule has 0 atom stereocenters. The Morgan fingerprint density at radius 2 is 2.40 bits per heavy atom. The third-order valence-electron chi connectivity index (χ3n) is 2.40. The van der Waals surface area contributed by atoms with Crippen LogP contribution in [0.25, 0.3) is 0 Å². The van der Waals surface area contributed by atoms with E-state index < -0.39 is 0 Å². The summed E-state index contributed by atoms with van der Waals surface area (Å²) >= 11 is 3.54. The second-order valence-corrected chi connectivity index (χ2v) is 6.26. The lowest BCUT2D eigenvalue weighted by Crippen LogP contribution is -2.39. The predicted octanol–water partition coefficient (Wildman–Crippen LogP) is 3.00. The van der Waals surface area contributed by atoms with Crippen LogP contribution in [-0.2, 0) is 6.54 Å². The fraction of sp³-hybridized carbons (Fsp3) is 0.538. The number of rotatable bonds is 7. The Morgan fingerprint density at radius 3 is 2.95 bits per heavy atom. The van der Waals surface area contributed by atoms with Gasteiger partial charge in [0.15, 0.2) is 5.96 Å². The molecular weight excluding hydrogens is 403 g/mol. The van der Waals surface area contributed by atoms with E-state index in [-0.39, 0.29) is 24.0 Å². The van der Waals surface area contributed by atoms with Crippen molar-refractivity contribution in [3.8, 4) is 0 Å². The van der Waals surface area contributed by atoms with E-state index in [1.807, 2.05) is 38.9 Å². The highest BCUT2D eigenvalue weighted by molar-refractivity contribution is 14.0. The molecule has 0 aromatic carbocycles. The summed E-state index contributed by atoms with van der Waals surface area (Å²) in [4.78, 5) is 10.8. The molecule has 0 saturated heterocycles. The van der Waals surface area contributed by atoms with Crippen molar-refractivity contribution in [1.82, 2.24) is 15.2 Å². The van der Waals surface area contributed by atoms with Gasteiger partial charge in [0.2, 0.25) is 0 Å². The Labute approximate surface area is 147 Å². The van der Waals surface area contributed by atoms with Crippen LogP contribution in [-0.4, -0.2) is 48.0 Å². The number of thiazole rings is 1. The Balaban J connectivity index is 0.00000361. The van der Waals surface area contributed by atoms with E-state index in [1.54, 1.807) is 11.3 Å². The number of nitrogens with zero attached hydrogens (tertiary/aromatic N) is 3. The molecule has 0 bridgehead atoms. The Morgan fingerprint density at radius 1 is 1.65 bits per heavy atom. The van der Waals surface area contributed by atoms with Crippen molar-refractivity contribution in [3.63, 3.8) is 0 Å². The van der Waals surface area contributed by atoms with E-state index in [0.29, 0.717) is 0 Å². The first-order valence-electron chi connectivity index (χ1n) is 6.18. The minimum absolute atomic E-state index is 0. The largest absolute Gasteiger partial charge is 0.355 e. The van der Waals surface area contributed by atoms with Crippen LogP contribution in [0.5, 0.6) is 0 Å². The van der Waals surface area contributed by atoms with E-state index in [2.05, 4.69) is 32.2 Å². The van der Waals surface area contributed by atoms with Crippen molar-refractivity contribution in [3.05, 3.63) is 28.7 Å². The predicted molar refractivity (Wildman–Crippen MR) is 103 cm³/mol. The van der Waals surface area contributed by atoms with Gasteiger partial charge in [-0.3, -0.25) is 4.99 Å². The third-order valence-corrected chi connectivity index (χ3v) is 4.19. The smallest absolute Gasteiger partial charge is 0.193 e. The molecule has 4 nitrogen and oxygen atoms in total. The molecular formula is C13H23IN4S2. The van der Waals surface area contributed by atoms with E-state index in [9.17, 15) is 0 Å². The molecule has 20 heavy (non-hydrogen) atoms. The molecule has 0 amide bonds. The molecule has 1 aromatic rings. The van der Waals surface area contributed by atoms with Gasteiger partial charge in [0, 0.05) is 37.5 Å². The maximum atomic E-state index is 4.47. The molecule has 0 spiro atoms. The number of hydrogen-bond donors (Lipinski definition) is 1. The number of aryl methyl sites for hydroxylation is 1. The van der Waals surface area contributed by atoms with Crippen molar-refractivity contribution < 1.29 is 0 Å². The fourth-order valence-corrected chi connectivity index (χ4v) is 2.77. The van der Waals surface area contributed by atoms with Crippen LogP contribution >= 0.6 is 47.1 Å². The minimum atomic E-state index is 0. The van der Waals surface area contributed by atoms with Gasteiger partial charge < -0.3 is 10.2 Å². The number of aromatic nitrogens is 1. The van der Waals surface area contributed by atoms with Crippen molar-refractivity contribution in [2.24, 2.45) is 4.99 Å². The topological polar surface area (TPSA) is 40.5 Å². The summed E-state index contributed by atoms with van der Waals surface area (Å²) in [6.07, 6.45) is 1.93. The first-order chi connectivity index (χ1) is 9.17. The maximum Gasteiger partial charge on any atom is 0.193 e. The SMILES string of the molecule is C=CCSCCNC(=NC)N(C)Cc1csc(C)n1.I. The Hall–Kier alpha value is -0.280. The van der Waals surface area contributed by atoms with Crippen LogP contribution in [0.1, 0.15) is 10.7 Å². The quantitative estimate of drug-likeness (QED) is 0.239. The van der Waals surface area contributed by atoms with Crippen molar-refractivity contribution in [2.45, 2.75) is 13.5 Å². The summed E-state index contributed by atoms with van der Waals surface area (Å²) in [5.74, 6) is 2.95. The van der Waals surface area contributed by atoms with Gasteiger partial charge in [-0.2, -0.15) is 11.8 Å². The average molecular weight is 426 g/mol. The molecule has 0 aliphatic rings. The summed E-state index contributed by atoms with van der Waals surface area (Å²) < 4.78 is 0. The van der Waals surface area contributed by atoms with Crippen LogP contribution in [0.15, 0.2) is 23.0 Å². The van der Waals surface area contributed by atoms with Crippen molar-refractivity contribution >= 4 is 53.0 Å². The highest BCUT2D eigenvalue weighted by Gasteiger charge is 2.07. The average Bonchev–Trinajstić information content (AvgIpc) is 2.79. The highest BCUT2D eigenvalue weighted by atomic mass is 127. The van der Waals surface area contributed by atoms with E-state index in [0.717, 1.165) is 41.3 Å². The first kappa shape index (κ1) is 19.7. The van der Waals surface area contributed by atoms with Crippen LogP contribution in [0, 0.1) is 6.92 Å². The number of guanidine groups is 1. The summed E-state index contributed by atoms with van der Waals surface area (Å²) in [6.45, 7) is 7.42. The monoisotopic (exact) mass is 426 g/mol. The third kappa shape index (κ3) is 7.49. The molecule has 0 aliphatic heterocycles. The number of hydrogen-bond acceptors (Lipinski definition) is 4. The van der Waals surface area contributed by atoms with Crippen molar-refractivity contribution in [1.29, 1.82) is 0 Å². The summed E-state index contributed by atoms with van der Waals surface area (Å²) in [7, 11) is 3.84. The second-order valence-electron chi connectivity index (χ2n) is 4.05. The molecule has 0 aliphatic carbocycles. The van der Waals surface area contributed by atoms with Crippen LogP contribution < -0.4 is 5.32 Å². The molecule has 0 saturated carbocycles. The zero-order valence-electron chi connectivity index (χ0n) is 12.3. The lowest BCUT2D eigenvalue weighted by atomic mass is 10.4. The second kappa shape index (κ2) is 11.4. The zero-order chi connectivity index (χ0) is 14.1. The van der Waals surface area contributed by atoms with E-state index in [4.69, 9.17) is 0 Å². The standard InChI is InChI=1S/C13H22N4S2.HI/c1-5-7-18-8-6-15-13(14-3)17(4)9-12-10-19-11(2)16-12;/h5,10H,1,6-9H2,2-4H3,(H,14,15);1H. The normalized spacial score (nSPS) is 10.8. The highest BCUT2D eigenvalue weighted by Crippen LogP contribution is 2.09. The maximum absolute atomic E-state index is 4.47. The zero-order valence-corrected chi connectivity index (χ0v) is 16.2. The van der Waals surface area contributed by atoms with Gasteiger partial charge in [0.1, 0.15) is 0 Å². The van der Waals surface area contributed by atoms with E-state index in [1.165, 1.54) is 0 Å². The molecule has 1 heterocycles. The van der Waals surface area contributed by atoms with Crippen LogP contribution in [0.2, 0.25) is 0 Å². The lowest BCUT2D eigenvalue weighted by molar-refractivity contribution is 0.473. The fourth-order valence-electron chi connectivity index (χ4n) is 1.59. The van der Waals surface area contributed by atoms with Gasteiger partial charge in [-0.05, 0) is 6.92 Å². The van der Waals surface area contributed by atoms with Gasteiger partial charge >= 0.3 is 0 Å². The van der Waals surface area contributed by atoms with Gasteiger partial charge in [0.05, 0.1) is 17.2 Å². The molecule has 0 unspecified atom stereocenters. The number of halogens is 1. The number of thioether (sulfide) groups is 1. The number of nitrogens with one attached hydrogen (secondary N) is 1. The summed E-state index contributed by atoms with van der Waals surface area (Å²) in [6, 6.07) is 0. The van der Waals surface area contributed by atoms with Gasteiger partial charge in [-0.25, -0.2) is 4.98 Å². The lowest BCUT2D eigenvalue weighted by Gasteiger charge is -2.21. The van der Waals surface area contributed by atoms with E-state index >= 15 is 0 Å². The number of aliphatic imine (C=N–C) groups is 1. The molecule has 114 valence electrons. The minimum Gasteiger partial charge on any atom is -0.355 e. The van der Waals surface area contributed by atoms with Crippen LogP contribution in [0.4, 0.5) is 0 Å². The van der Waals surface area contributed by atoms with Gasteiger partial charge in [0.25, 0.3) is 0 Å². The molecule has 0 radical (unpaired) electrons. The first-order valence-corrected chi connectivity index (χ1v) is 8.22. The molecule has 0 fully saturated rings. The van der Waals surface area contributed by atoms with Gasteiger partial charge in [-0.1, -0.05) is 6.08 Å². The summed E-state index contributed by atoms with van der Waals surface area (Å²) in [5.41, 5.74) is 1.09. The molecule has 1 aromatic heterocycles.